The van der Waals surface area contributed by atoms with E-state index in [2.05, 4.69) is 27.9 Å². The second-order valence-electron chi connectivity index (χ2n) is 3.51. The molecule has 0 aliphatic rings. The van der Waals surface area contributed by atoms with Crippen molar-refractivity contribution in [1.82, 2.24) is 5.32 Å². The number of methoxy groups -OCH3 is 1. The van der Waals surface area contributed by atoms with Crippen LogP contribution in [-0.4, -0.2) is 29.1 Å². The van der Waals surface area contributed by atoms with Gasteiger partial charge >= 0.3 is 0 Å². The Hall–Kier alpha value is -0.980. The molecule has 0 atom stereocenters. The summed E-state index contributed by atoms with van der Waals surface area (Å²) < 4.78 is 6.03. The Morgan fingerprint density at radius 2 is 2.24 bits per heavy atom. The van der Waals surface area contributed by atoms with Crippen LogP contribution in [0.1, 0.15) is 23.2 Å². The van der Waals surface area contributed by atoms with Crippen molar-refractivity contribution in [1.29, 1.82) is 0 Å². The van der Waals surface area contributed by atoms with Gasteiger partial charge in [-0.3, -0.25) is 4.79 Å². The van der Waals surface area contributed by atoms with Crippen molar-refractivity contribution in [2.45, 2.75) is 12.8 Å². The number of rotatable bonds is 6. The van der Waals surface area contributed by atoms with Crippen LogP contribution in [0.4, 0.5) is 0 Å². The maximum Gasteiger partial charge on any atom is 0.255 e. The molecular weight excluding hydrogens is 333 g/mol. The molecule has 0 aliphatic carbocycles. The molecule has 1 aromatic carbocycles. The summed E-state index contributed by atoms with van der Waals surface area (Å²) in [7, 11) is 1.46. The van der Waals surface area contributed by atoms with E-state index in [1.807, 2.05) is 0 Å². The van der Waals surface area contributed by atoms with E-state index >= 15 is 0 Å². The summed E-state index contributed by atoms with van der Waals surface area (Å²) in [6.07, 6.45) is 2.02. The fourth-order valence-corrected chi connectivity index (χ4v) is 1.93. The van der Waals surface area contributed by atoms with Gasteiger partial charge in [-0.1, -0.05) is 28.7 Å². The lowest BCUT2D eigenvalue weighted by atomic mass is 10.1. The highest BCUT2D eigenvalue weighted by Gasteiger charge is 2.13. The number of hydrogen-bond donors (Lipinski definition) is 2. The fraction of sp³-hybridized carbons (Fsp3) is 0.417. The van der Waals surface area contributed by atoms with Crippen LogP contribution in [0.15, 0.2) is 18.2 Å². The number of halogens is 1. The Balaban J connectivity index is 2.62. The molecule has 0 aliphatic heterocycles. The zero-order valence-corrected chi connectivity index (χ0v) is 11.9. The summed E-state index contributed by atoms with van der Waals surface area (Å²) in [5.41, 5.74) is 0.249. The predicted molar refractivity (Wildman–Crippen MR) is 75.1 cm³/mol. The normalized spacial score (nSPS) is 10.0. The highest BCUT2D eigenvalue weighted by molar-refractivity contribution is 14.1. The van der Waals surface area contributed by atoms with E-state index < -0.39 is 0 Å². The van der Waals surface area contributed by atoms with Gasteiger partial charge in [0.15, 0.2) is 11.5 Å². The van der Waals surface area contributed by atoms with Crippen molar-refractivity contribution >= 4 is 28.5 Å². The molecule has 94 valence electrons. The van der Waals surface area contributed by atoms with Crippen LogP contribution < -0.4 is 10.1 Å². The molecule has 0 heterocycles. The second kappa shape index (κ2) is 7.37. The van der Waals surface area contributed by atoms with Gasteiger partial charge in [-0.25, -0.2) is 0 Å². The van der Waals surface area contributed by atoms with Crippen molar-refractivity contribution < 1.29 is 14.6 Å². The molecular formula is C12H16INO3. The predicted octanol–water partition coefficient (Wildman–Crippen LogP) is 2.35. The van der Waals surface area contributed by atoms with Crippen molar-refractivity contribution in [3.63, 3.8) is 0 Å². The van der Waals surface area contributed by atoms with E-state index in [9.17, 15) is 9.90 Å². The molecule has 0 spiro atoms. The van der Waals surface area contributed by atoms with Crippen molar-refractivity contribution in [2.24, 2.45) is 0 Å². The zero-order chi connectivity index (χ0) is 12.7. The highest BCUT2D eigenvalue weighted by atomic mass is 127. The SMILES string of the molecule is COc1cccc(C(=O)NCCCCI)c1O. The molecule has 0 fully saturated rings. The van der Waals surface area contributed by atoms with Crippen molar-refractivity contribution in [2.75, 3.05) is 18.1 Å². The minimum atomic E-state index is -0.269. The summed E-state index contributed by atoms with van der Waals surface area (Å²) in [5, 5.41) is 12.5. The first-order valence-electron chi connectivity index (χ1n) is 5.40. The van der Waals surface area contributed by atoms with Gasteiger partial charge in [0, 0.05) is 6.54 Å². The zero-order valence-electron chi connectivity index (χ0n) is 9.70. The van der Waals surface area contributed by atoms with E-state index in [1.165, 1.54) is 7.11 Å². The lowest BCUT2D eigenvalue weighted by molar-refractivity contribution is 0.0950. The molecule has 4 nitrogen and oxygen atoms in total. The number of alkyl halides is 1. The second-order valence-corrected chi connectivity index (χ2v) is 4.59. The molecule has 0 aromatic heterocycles. The number of amides is 1. The molecule has 17 heavy (non-hydrogen) atoms. The van der Waals surface area contributed by atoms with Crippen molar-refractivity contribution in [3.05, 3.63) is 23.8 Å². The van der Waals surface area contributed by atoms with Crippen LogP contribution in [0.5, 0.6) is 11.5 Å². The molecule has 0 unspecified atom stereocenters. The molecule has 0 radical (unpaired) electrons. The molecule has 0 saturated carbocycles. The summed E-state index contributed by atoms with van der Waals surface area (Å²) in [5.74, 6) is -0.0684. The minimum absolute atomic E-state index is 0.110. The third-order valence-corrected chi connectivity index (χ3v) is 3.07. The Morgan fingerprint density at radius 1 is 1.47 bits per heavy atom. The van der Waals surface area contributed by atoms with E-state index in [4.69, 9.17) is 4.74 Å². The molecule has 2 N–H and O–H groups in total. The van der Waals surface area contributed by atoms with Crippen LogP contribution >= 0.6 is 22.6 Å². The first kappa shape index (κ1) is 14.1. The van der Waals surface area contributed by atoms with Crippen molar-refractivity contribution in [3.8, 4) is 11.5 Å². The molecule has 1 rings (SSSR count). The average molecular weight is 349 g/mol. The van der Waals surface area contributed by atoms with Gasteiger partial charge < -0.3 is 15.2 Å². The van der Waals surface area contributed by atoms with E-state index in [0.717, 1.165) is 17.3 Å². The van der Waals surface area contributed by atoms with Gasteiger partial charge in [0.05, 0.1) is 12.7 Å². The number of benzene rings is 1. The van der Waals surface area contributed by atoms with Crippen LogP contribution in [-0.2, 0) is 0 Å². The van der Waals surface area contributed by atoms with Gasteiger partial charge in [0.2, 0.25) is 0 Å². The monoisotopic (exact) mass is 349 g/mol. The van der Waals surface area contributed by atoms with Gasteiger partial charge in [-0.2, -0.15) is 0 Å². The Morgan fingerprint density at radius 3 is 2.88 bits per heavy atom. The first-order valence-corrected chi connectivity index (χ1v) is 6.93. The average Bonchev–Trinajstić information content (AvgIpc) is 2.34. The smallest absolute Gasteiger partial charge is 0.255 e. The number of para-hydroxylation sites is 1. The lowest BCUT2D eigenvalue weighted by Crippen LogP contribution is -2.24. The lowest BCUT2D eigenvalue weighted by Gasteiger charge is -2.09. The fourth-order valence-electron chi connectivity index (χ4n) is 1.39. The number of carbonyl (C=O) groups is 1. The number of hydrogen-bond acceptors (Lipinski definition) is 3. The van der Waals surface area contributed by atoms with E-state index in [-0.39, 0.29) is 17.2 Å². The Bertz CT molecular complexity index is 382. The number of phenolic OH excluding ortho intramolecular Hbond substituents is 1. The first-order chi connectivity index (χ1) is 8.20. The summed E-state index contributed by atoms with van der Waals surface area (Å²) in [6.45, 7) is 0.623. The number of nitrogens with one attached hydrogen (secondary N) is 1. The van der Waals surface area contributed by atoms with Gasteiger partial charge in [0.1, 0.15) is 0 Å². The number of ether oxygens (including phenoxy) is 1. The largest absolute Gasteiger partial charge is 0.504 e. The van der Waals surface area contributed by atoms with Gasteiger partial charge in [0.25, 0.3) is 5.91 Å². The molecule has 0 saturated heterocycles. The molecule has 0 bridgehead atoms. The van der Waals surface area contributed by atoms with Crippen LogP contribution in [0.2, 0.25) is 0 Å². The molecule has 1 aromatic rings. The van der Waals surface area contributed by atoms with Gasteiger partial charge in [-0.05, 0) is 29.4 Å². The Kier molecular flexibility index (Phi) is 6.10. The maximum atomic E-state index is 11.8. The van der Waals surface area contributed by atoms with Gasteiger partial charge in [-0.15, -0.1) is 0 Å². The minimum Gasteiger partial charge on any atom is -0.504 e. The highest BCUT2D eigenvalue weighted by Crippen LogP contribution is 2.29. The quantitative estimate of drug-likeness (QED) is 0.471. The number of phenols is 1. The van der Waals surface area contributed by atoms with Crippen LogP contribution in [0.3, 0.4) is 0 Å². The number of carbonyl (C=O) groups excluding carboxylic acids is 1. The third-order valence-electron chi connectivity index (χ3n) is 2.31. The number of aromatic hydroxyl groups is 1. The summed E-state index contributed by atoms with van der Waals surface area (Å²) in [6, 6.07) is 4.87. The third kappa shape index (κ3) is 4.07. The van der Waals surface area contributed by atoms with Crippen LogP contribution in [0.25, 0.3) is 0 Å². The summed E-state index contributed by atoms with van der Waals surface area (Å²) in [4.78, 5) is 11.8. The maximum absolute atomic E-state index is 11.8. The Labute approximate surface area is 115 Å². The molecule has 5 heteroatoms. The van der Waals surface area contributed by atoms with E-state index in [1.54, 1.807) is 18.2 Å². The topological polar surface area (TPSA) is 58.6 Å². The molecule has 1 amide bonds. The summed E-state index contributed by atoms with van der Waals surface area (Å²) >= 11 is 2.30. The number of unbranched alkanes of at least 4 members (excludes halogenated alkanes) is 1. The van der Waals surface area contributed by atoms with Crippen LogP contribution in [0, 0.1) is 0 Å². The standard InChI is InChI=1S/C12H16INO3/c1-17-10-6-4-5-9(11(10)15)12(16)14-8-3-2-7-13/h4-6,15H,2-3,7-8H2,1H3,(H,14,16). The van der Waals surface area contributed by atoms with E-state index in [0.29, 0.717) is 12.3 Å².